The number of Topliss-reactive ketones (excluding diaryl/α,β-unsaturated/α-hetero) is 1. The molecule has 0 aliphatic heterocycles. The molecular weight excluding hydrogens is 202 g/mol. The Balaban J connectivity index is 2.47. The highest BCUT2D eigenvalue weighted by Crippen LogP contribution is 2.14. The van der Waals surface area contributed by atoms with Crippen LogP contribution in [0.1, 0.15) is 6.42 Å². The Bertz CT molecular complexity index is 355. The highest BCUT2D eigenvalue weighted by molar-refractivity contribution is 5.80. The van der Waals surface area contributed by atoms with Gasteiger partial charge in [0.15, 0.2) is 0 Å². The lowest BCUT2D eigenvalue weighted by atomic mass is 10.2. The highest BCUT2D eigenvalue weighted by atomic mass is 19.1. The topological polar surface area (TPSA) is 55.1 Å². The molecule has 0 aliphatic rings. The average molecular weight is 214 g/mol. The molecule has 82 valence electrons. The van der Waals surface area contributed by atoms with Crippen molar-refractivity contribution in [1.29, 1.82) is 0 Å². The molecule has 0 saturated heterocycles. The van der Waals surface area contributed by atoms with Crippen molar-refractivity contribution in [2.24, 2.45) is 5.73 Å². The molecule has 0 bridgehead atoms. The Morgan fingerprint density at radius 2 is 2.13 bits per heavy atom. The lowest BCUT2D eigenvalue weighted by Gasteiger charge is -2.06. The molecule has 1 rings (SSSR count). The first-order chi connectivity index (χ1) is 7.13. The summed E-state index contributed by atoms with van der Waals surface area (Å²) in [6.07, 6.45) is 0.229. The molecule has 15 heavy (non-hydrogen) atoms. The predicted molar refractivity (Wildman–Crippen MR) is 53.5 cm³/mol. The molecule has 0 aliphatic carbocycles. The van der Waals surface area contributed by atoms with Crippen molar-refractivity contribution in [2.75, 3.05) is 18.4 Å². The van der Waals surface area contributed by atoms with Gasteiger partial charge >= 0.3 is 0 Å². The molecule has 1 aromatic rings. The zero-order chi connectivity index (χ0) is 11.3. The minimum Gasteiger partial charge on any atom is -0.382 e. The van der Waals surface area contributed by atoms with Crippen LogP contribution in [0, 0.1) is 11.6 Å². The Morgan fingerprint density at radius 3 is 2.73 bits per heavy atom. The van der Waals surface area contributed by atoms with E-state index in [0.717, 1.165) is 12.1 Å². The zero-order valence-electron chi connectivity index (χ0n) is 8.09. The number of rotatable bonds is 5. The van der Waals surface area contributed by atoms with Crippen molar-refractivity contribution in [3.63, 3.8) is 0 Å². The second-order valence-electron chi connectivity index (χ2n) is 3.04. The molecule has 0 aromatic heterocycles. The Kier molecular flexibility index (Phi) is 4.17. The largest absolute Gasteiger partial charge is 0.382 e. The van der Waals surface area contributed by atoms with Gasteiger partial charge < -0.3 is 11.1 Å². The van der Waals surface area contributed by atoms with Gasteiger partial charge in [0.1, 0.15) is 17.4 Å². The van der Waals surface area contributed by atoms with Gasteiger partial charge in [-0.3, -0.25) is 4.79 Å². The number of hydrogen-bond donors (Lipinski definition) is 2. The third kappa shape index (κ3) is 3.63. The fourth-order valence-corrected chi connectivity index (χ4v) is 1.07. The summed E-state index contributed by atoms with van der Waals surface area (Å²) in [5.41, 5.74) is 5.28. The number of halogens is 2. The maximum absolute atomic E-state index is 13.0. The van der Waals surface area contributed by atoms with Gasteiger partial charge in [-0.1, -0.05) is 0 Å². The summed E-state index contributed by atoms with van der Waals surface area (Å²) in [6, 6.07) is 3.22. The van der Waals surface area contributed by atoms with E-state index in [4.69, 9.17) is 5.73 Å². The summed E-state index contributed by atoms with van der Waals surface area (Å²) in [5, 5.41) is 2.69. The van der Waals surface area contributed by atoms with Gasteiger partial charge in [-0.2, -0.15) is 0 Å². The summed E-state index contributed by atoms with van der Waals surface area (Å²) in [7, 11) is 0. The zero-order valence-corrected chi connectivity index (χ0v) is 8.09. The molecule has 0 spiro atoms. The standard InChI is InChI=1S/C10H12F2N2O/c11-7-1-2-10(9(12)5-7)14-4-3-8(15)6-13/h1-2,5,14H,3-4,6,13H2. The molecule has 0 fully saturated rings. The predicted octanol–water partition coefficient (Wildman–Crippen LogP) is 1.29. The van der Waals surface area contributed by atoms with Crippen LogP contribution in [0.15, 0.2) is 18.2 Å². The van der Waals surface area contributed by atoms with Crippen LogP contribution in [0.25, 0.3) is 0 Å². The van der Waals surface area contributed by atoms with Crippen LogP contribution in [0.5, 0.6) is 0 Å². The lowest BCUT2D eigenvalue weighted by molar-refractivity contribution is -0.117. The molecule has 0 atom stereocenters. The minimum atomic E-state index is -0.671. The molecule has 0 radical (unpaired) electrons. The number of ketones is 1. The number of carbonyl (C=O) groups is 1. The van der Waals surface area contributed by atoms with E-state index < -0.39 is 11.6 Å². The van der Waals surface area contributed by atoms with E-state index in [1.165, 1.54) is 6.07 Å². The van der Waals surface area contributed by atoms with Gasteiger partial charge in [-0.05, 0) is 12.1 Å². The molecule has 1 aromatic carbocycles. The van der Waals surface area contributed by atoms with Crippen LogP contribution in [-0.4, -0.2) is 18.9 Å². The second kappa shape index (κ2) is 5.41. The lowest BCUT2D eigenvalue weighted by Crippen LogP contribution is -2.17. The SMILES string of the molecule is NCC(=O)CCNc1ccc(F)cc1F. The smallest absolute Gasteiger partial charge is 0.149 e. The summed E-state index contributed by atoms with van der Waals surface area (Å²) < 4.78 is 25.6. The molecule has 3 nitrogen and oxygen atoms in total. The Hall–Kier alpha value is -1.49. The monoisotopic (exact) mass is 214 g/mol. The molecule has 5 heteroatoms. The maximum Gasteiger partial charge on any atom is 0.149 e. The van der Waals surface area contributed by atoms with Crippen molar-refractivity contribution in [1.82, 2.24) is 0 Å². The van der Waals surface area contributed by atoms with Gasteiger partial charge in [-0.25, -0.2) is 8.78 Å². The first kappa shape index (κ1) is 11.6. The Morgan fingerprint density at radius 1 is 1.40 bits per heavy atom. The van der Waals surface area contributed by atoms with E-state index >= 15 is 0 Å². The Labute approximate surface area is 86.3 Å². The number of nitrogens with one attached hydrogen (secondary N) is 1. The number of nitrogens with two attached hydrogens (primary N) is 1. The van der Waals surface area contributed by atoms with E-state index in [2.05, 4.69) is 5.32 Å². The van der Waals surface area contributed by atoms with E-state index in [9.17, 15) is 13.6 Å². The van der Waals surface area contributed by atoms with Crippen molar-refractivity contribution >= 4 is 11.5 Å². The molecular formula is C10H12F2N2O. The number of hydrogen-bond acceptors (Lipinski definition) is 3. The second-order valence-corrected chi connectivity index (χ2v) is 3.04. The van der Waals surface area contributed by atoms with Crippen LogP contribution in [0.3, 0.4) is 0 Å². The van der Waals surface area contributed by atoms with Crippen LogP contribution < -0.4 is 11.1 Å². The van der Waals surface area contributed by atoms with E-state index in [-0.39, 0.29) is 24.4 Å². The summed E-state index contributed by atoms with van der Waals surface area (Å²) in [6.45, 7) is 0.270. The van der Waals surface area contributed by atoms with Gasteiger partial charge in [0.2, 0.25) is 0 Å². The average Bonchev–Trinajstić information content (AvgIpc) is 2.21. The van der Waals surface area contributed by atoms with Gasteiger partial charge in [0.25, 0.3) is 0 Å². The normalized spacial score (nSPS) is 10.1. The van der Waals surface area contributed by atoms with Gasteiger partial charge in [0.05, 0.1) is 12.2 Å². The first-order valence-corrected chi connectivity index (χ1v) is 4.54. The molecule has 3 N–H and O–H groups in total. The van der Waals surface area contributed by atoms with Gasteiger partial charge in [0, 0.05) is 19.0 Å². The third-order valence-corrected chi connectivity index (χ3v) is 1.88. The highest BCUT2D eigenvalue weighted by Gasteiger charge is 2.03. The molecule has 0 saturated carbocycles. The summed E-state index contributed by atoms with van der Waals surface area (Å²) >= 11 is 0. The summed E-state index contributed by atoms with van der Waals surface area (Å²) in [4.78, 5) is 10.8. The molecule has 0 unspecified atom stereocenters. The number of anilines is 1. The van der Waals surface area contributed by atoms with Crippen molar-refractivity contribution in [2.45, 2.75) is 6.42 Å². The van der Waals surface area contributed by atoms with Crippen LogP contribution in [0.2, 0.25) is 0 Å². The fraction of sp³-hybridized carbons (Fsp3) is 0.300. The van der Waals surface area contributed by atoms with E-state index in [0.29, 0.717) is 6.54 Å². The molecule has 0 amide bonds. The quantitative estimate of drug-likeness (QED) is 0.776. The van der Waals surface area contributed by atoms with Crippen molar-refractivity contribution in [3.05, 3.63) is 29.8 Å². The van der Waals surface area contributed by atoms with E-state index in [1.807, 2.05) is 0 Å². The first-order valence-electron chi connectivity index (χ1n) is 4.54. The third-order valence-electron chi connectivity index (χ3n) is 1.88. The van der Waals surface area contributed by atoms with Gasteiger partial charge in [-0.15, -0.1) is 0 Å². The fourth-order valence-electron chi connectivity index (χ4n) is 1.07. The van der Waals surface area contributed by atoms with E-state index in [1.54, 1.807) is 0 Å². The van der Waals surface area contributed by atoms with Crippen LogP contribution in [-0.2, 0) is 4.79 Å². The number of benzene rings is 1. The molecule has 0 heterocycles. The minimum absolute atomic E-state index is 0.0203. The van der Waals surface area contributed by atoms with Crippen molar-refractivity contribution in [3.8, 4) is 0 Å². The van der Waals surface area contributed by atoms with Crippen molar-refractivity contribution < 1.29 is 13.6 Å². The van der Waals surface area contributed by atoms with Crippen LogP contribution in [0.4, 0.5) is 14.5 Å². The maximum atomic E-state index is 13.0. The van der Waals surface area contributed by atoms with Crippen LogP contribution >= 0.6 is 0 Å². The number of carbonyl (C=O) groups excluding carboxylic acids is 1. The summed E-state index contributed by atoms with van der Waals surface area (Å²) in [5.74, 6) is -1.41.